The van der Waals surface area contributed by atoms with Crippen LogP contribution < -0.4 is 9.47 Å². The van der Waals surface area contributed by atoms with Crippen LogP contribution in [0.1, 0.15) is 25.0 Å². The lowest BCUT2D eigenvalue weighted by molar-refractivity contribution is -0.150. The minimum Gasteiger partial charge on any atom is -0.493 e. The SMILES string of the molecule is C=CCc1cc(/C=C2/SC(=O)N([C@H](C)C(=O)OCC)C2=O)cc(OC)c1OC. The molecular formula is C20H23NO6S. The van der Waals surface area contributed by atoms with Crippen LogP contribution in [-0.4, -0.2) is 48.9 Å². The fourth-order valence-electron chi connectivity index (χ4n) is 2.79. The lowest BCUT2D eigenvalue weighted by Gasteiger charge is -2.19. The Bertz CT molecular complexity index is 832. The van der Waals surface area contributed by atoms with Gasteiger partial charge in [-0.2, -0.15) is 0 Å². The molecule has 1 aliphatic rings. The van der Waals surface area contributed by atoms with Crippen LogP contribution in [-0.2, 0) is 20.7 Å². The van der Waals surface area contributed by atoms with Crippen LogP contribution in [0.3, 0.4) is 0 Å². The third-order valence-electron chi connectivity index (χ3n) is 4.08. The first-order valence-electron chi connectivity index (χ1n) is 8.67. The Morgan fingerprint density at radius 1 is 1.29 bits per heavy atom. The Balaban J connectivity index is 2.39. The van der Waals surface area contributed by atoms with Gasteiger partial charge >= 0.3 is 5.97 Å². The molecule has 1 aliphatic heterocycles. The van der Waals surface area contributed by atoms with Crippen LogP contribution in [0.15, 0.2) is 29.7 Å². The zero-order valence-corrected chi connectivity index (χ0v) is 17.1. The van der Waals surface area contributed by atoms with E-state index in [4.69, 9.17) is 14.2 Å². The zero-order valence-electron chi connectivity index (χ0n) is 16.3. The van der Waals surface area contributed by atoms with E-state index in [1.165, 1.54) is 14.0 Å². The number of carbonyl (C=O) groups is 3. The number of methoxy groups -OCH3 is 2. The number of allylic oxidation sites excluding steroid dienone is 1. The number of nitrogens with zero attached hydrogens (tertiary/aromatic N) is 1. The smallest absolute Gasteiger partial charge is 0.329 e. The van der Waals surface area contributed by atoms with Crippen LogP contribution in [0.25, 0.3) is 6.08 Å². The first kappa shape index (κ1) is 21.6. The largest absolute Gasteiger partial charge is 0.493 e. The molecule has 28 heavy (non-hydrogen) atoms. The summed E-state index contributed by atoms with van der Waals surface area (Å²) in [6.07, 6.45) is 3.87. The fraction of sp³-hybridized carbons (Fsp3) is 0.350. The first-order chi connectivity index (χ1) is 13.4. The molecule has 0 spiro atoms. The van der Waals surface area contributed by atoms with Crippen molar-refractivity contribution < 1.29 is 28.6 Å². The molecule has 150 valence electrons. The molecule has 1 atom stereocenters. The number of hydrogen-bond donors (Lipinski definition) is 0. The van der Waals surface area contributed by atoms with E-state index >= 15 is 0 Å². The number of benzene rings is 1. The van der Waals surface area contributed by atoms with E-state index in [0.717, 1.165) is 22.2 Å². The van der Waals surface area contributed by atoms with Crippen molar-refractivity contribution in [3.05, 3.63) is 40.8 Å². The average Bonchev–Trinajstić information content (AvgIpc) is 2.94. The monoisotopic (exact) mass is 405 g/mol. The third kappa shape index (κ3) is 4.39. The summed E-state index contributed by atoms with van der Waals surface area (Å²) in [5, 5.41) is -0.511. The standard InChI is InChI=1S/C20H23NO6S/c1-6-8-14-9-13(10-15(25-4)17(14)26-5)11-16-18(22)21(20(24)28-16)12(3)19(23)27-7-2/h6,9-12H,1,7-8H2,2-5H3/b16-11+/t12-/m1/s1. The van der Waals surface area contributed by atoms with E-state index in [1.54, 1.807) is 32.3 Å². The normalized spacial score (nSPS) is 16.3. The molecule has 0 unspecified atom stereocenters. The predicted molar refractivity (Wildman–Crippen MR) is 107 cm³/mol. The summed E-state index contributed by atoms with van der Waals surface area (Å²) in [7, 11) is 3.07. The minimum atomic E-state index is -0.986. The molecule has 1 aromatic rings. The number of carbonyl (C=O) groups excluding carboxylic acids is 3. The molecule has 0 aliphatic carbocycles. The molecule has 2 amide bonds. The summed E-state index contributed by atoms with van der Waals surface area (Å²) in [5.41, 5.74) is 1.51. The highest BCUT2D eigenvalue weighted by molar-refractivity contribution is 8.18. The van der Waals surface area contributed by atoms with Gasteiger partial charge < -0.3 is 14.2 Å². The molecule has 0 aromatic heterocycles. The molecule has 0 N–H and O–H groups in total. The highest BCUT2D eigenvalue weighted by Crippen LogP contribution is 2.37. The molecule has 7 nitrogen and oxygen atoms in total. The predicted octanol–water partition coefficient (Wildman–Crippen LogP) is 3.42. The van der Waals surface area contributed by atoms with Crippen molar-refractivity contribution in [1.29, 1.82) is 0 Å². The van der Waals surface area contributed by atoms with Crippen molar-refractivity contribution in [2.75, 3.05) is 20.8 Å². The second-order valence-electron chi connectivity index (χ2n) is 5.89. The first-order valence-corrected chi connectivity index (χ1v) is 9.49. The molecule has 0 bridgehead atoms. The molecule has 1 saturated heterocycles. The third-order valence-corrected chi connectivity index (χ3v) is 4.96. The van der Waals surface area contributed by atoms with E-state index < -0.39 is 23.2 Å². The van der Waals surface area contributed by atoms with E-state index in [-0.39, 0.29) is 11.5 Å². The van der Waals surface area contributed by atoms with Crippen molar-refractivity contribution >= 4 is 35.0 Å². The minimum absolute atomic E-state index is 0.174. The van der Waals surface area contributed by atoms with Crippen LogP contribution in [0.4, 0.5) is 4.79 Å². The van der Waals surface area contributed by atoms with Crippen LogP contribution in [0.2, 0.25) is 0 Å². The number of amides is 2. The van der Waals surface area contributed by atoms with Crippen molar-refractivity contribution in [2.24, 2.45) is 0 Å². The van der Waals surface area contributed by atoms with E-state index in [1.807, 2.05) is 6.07 Å². The summed E-state index contributed by atoms with van der Waals surface area (Å²) < 4.78 is 15.7. The van der Waals surface area contributed by atoms with E-state index in [9.17, 15) is 14.4 Å². The van der Waals surface area contributed by atoms with Crippen molar-refractivity contribution in [3.63, 3.8) is 0 Å². The van der Waals surface area contributed by atoms with Crippen molar-refractivity contribution in [1.82, 2.24) is 4.90 Å². The lowest BCUT2D eigenvalue weighted by Crippen LogP contribution is -2.42. The zero-order chi connectivity index (χ0) is 20.8. The summed E-state index contributed by atoms with van der Waals surface area (Å²) in [5.74, 6) is -0.0585. The Kier molecular flexibility index (Phi) is 7.28. The Labute approximate surface area is 168 Å². The number of esters is 1. The molecule has 2 rings (SSSR count). The van der Waals surface area contributed by atoms with Crippen LogP contribution >= 0.6 is 11.8 Å². The topological polar surface area (TPSA) is 82.1 Å². The molecule has 1 aromatic carbocycles. The van der Waals surface area contributed by atoms with E-state index in [2.05, 4.69) is 6.58 Å². The Morgan fingerprint density at radius 3 is 2.57 bits per heavy atom. The second-order valence-corrected chi connectivity index (χ2v) is 6.88. The van der Waals surface area contributed by atoms with Gasteiger partial charge in [0.05, 0.1) is 25.7 Å². The molecule has 0 saturated carbocycles. The van der Waals surface area contributed by atoms with Crippen molar-refractivity contribution in [2.45, 2.75) is 26.3 Å². The summed E-state index contributed by atoms with van der Waals surface area (Å²) >= 11 is 0.782. The molecule has 1 heterocycles. The van der Waals surface area contributed by atoms with Gasteiger partial charge in [-0.05, 0) is 55.8 Å². The van der Waals surface area contributed by atoms with Gasteiger partial charge in [0, 0.05) is 5.56 Å². The van der Waals surface area contributed by atoms with Gasteiger partial charge in [0.15, 0.2) is 11.5 Å². The average molecular weight is 405 g/mol. The maximum absolute atomic E-state index is 12.7. The number of ether oxygens (including phenoxy) is 3. The van der Waals surface area contributed by atoms with Gasteiger partial charge in [-0.25, -0.2) is 4.79 Å². The fourth-order valence-corrected chi connectivity index (χ4v) is 3.70. The summed E-state index contributed by atoms with van der Waals surface area (Å²) in [6.45, 7) is 7.04. The van der Waals surface area contributed by atoms with Gasteiger partial charge in [-0.15, -0.1) is 6.58 Å². The number of rotatable bonds is 8. The maximum atomic E-state index is 12.7. The molecule has 0 radical (unpaired) electrons. The van der Waals surface area contributed by atoms with Gasteiger partial charge in [-0.3, -0.25) is 14.5 Å². The number of hydrogen-bond acceptors (Lipinski definition) is 7. The van der Waals surface area contributed by atoms with E-state index in [0.29, 0.717) is 23.5 Å². The van der Waals surface area contributed by atoms with Crippen LogP contribution in [0, 0.1) is 0 Å². The van der Waals surface area contributed by atoms with Crippen LogP contribution in [0.5, 0.6) is 11.5 Å². The van der Waals surface area contributed by atoms with Gasteiger partial charge in [-0.1, -0.05) is 6.08 Å². The highest BCUT2D eigenvalue weighted by atomic mass is 32.2. The lowest BCUT2D eigenvalue weighted by atomic mass is 10.0. The second kappa shape index (κ2) is 9.45. The quantitative estimate of drug-likeness (QED) is 0.372. The van der Waals surface area contributed by atoms with Gasteiger partial charge in [0.1, 0.15) is 6.04 Å². The molecular weight excluding hydrogens is 382 g/mol. The summed E-state index contributed by atoms with van der Waals surface area (Å²) in [6, 6.07) is 2.57. The Hall–Kier alpha value is -2.74. The maximum Gasteiger partial charge on any atom is 0.329 e. The Morgan fingerprint density at radius 2 is 2.00 bits per heavy atom. The molecule has 8 heteroatoms. The van der Waals surface area contributed by atoms with Crippen molar-refractivity contribution in [3.8, 4) is 11.5 Å². The van der Waals surface area contributed by atoms with Gasteiger partial charge in [0.25, 0.3) is 11.1 Å². The van der Waals surface area contributed by atoms with Gasteiger partial charge in [0.2, 0.25) is 0 Å². The number of imide groups is 1. The summed E-state index contributed by atoms with van der Waals surface area (Å²) in [4.78, 5) is 38.0. The highest BCUT2D eigenvalue weighted by Gasteiger charge is 2.41. The molecule has 1 fully saturated rings. The number of thioether (sulfide) groups is 1.